The second kappa shape index (κ2) is 8.97. The number of hydrogen-bond acceptors (Lipinski definition) is 5. The number of benzene rings is 2. The van der Waals surface area contributed by atoms with Crippen LogP contribution in [0.2, 0.25) is 0 Å². The van der Waals surface area contributed by atoms with Crippen molar-refractivity contribution in [2.24, 2.45) is 4.99 Å². The van der Waals surface area contributed by atoms with Crippen LogP contribution in [0.25, 0.3) is 16.8 Å². The maximum atomic E-state index is 13.4. The van der Waals surface area contributed by atoms with Gasteiger partial charge in [-0.25, -0.2) is 9.38 Å². The van der Waals surface area contributed by atoms with Crippen LogP contribution in [0.3, 0.4) is 0 Å². The van der Waals surface area contributed by atoms with Crippen LogP contribution in [0.4, 0.5) is 10.2 Å². The van der Waals surface area contributed by atoms with E-state index in [1.165, 1.54) is 18.3 Å². The number of fused-ring (bicyclic) bond motifs is 1. The highest BCUT2D eigenvalue weighted by Gasteiger charge is 2.22. The van der Waals surface area contributed by atoms with E-state index >= 15 is 0 Å². The van der Waals surface area contributed by atoms with Crippen molar-refractivity contribution in [2.45, 2.75) is 19.9 Å². The molecule has 0 bridgehead atoms. The van der Waals surface area contributed by atoms with E-state index in [0.29, 0.717) is 36.0 Å². The molecule has 0 saturated carbocycles. The molecule has 2 aromatic carbocycles. The Morgan fingerprint density at radius 1 is 1.16 bits per heavy atom. The second-order valence-corrected chi connectivity index (χ2v) is 7.33. The molecule has 8 heteroatoms. The Balaban J connectivity index is 1.81. The fourth-order valence-corrected chi connectivity index (χ4v) is 3.64. The van der Waals surface area contributed by atoms with E-state index in [0.717, 1.165) is 22.4 Å². The van der Waals surface area contributed by atoms with Gasteiger partial charge in [-0.2, -0.15) is 9.61 Å². The Labute approximate surface area is 185 Å². The summed E-state index contributed by atoms with van der Waals surface area (Å²) < 4.78 is 15.0. The summed E-state index contributed by atoms with van der Waals surface area (Å²) in [4.78, 5) is 6.36. The maximum absolute atomic E-state index is 13.4. The van der Waals surface area contributed by atoms with Crippen molar-refractivity contribution >= 4 is 17.3 Å². The quantitative estimate of drug-likeness (QED) is 0.369. The van der Waals surface area contributed by atoms with E-state index in [4.69, 9.17) is 5.73 Å². The number of nitrogen functional groups attached to an aromatic ring is 1. The van der Waals surface area contributed by atoms with Gasteiger partial charge in [-0.3, -0.25) is 0 Å². The summed E-state index contributed by atoms with van der Waals surface area (Å²) in [6.45, 7) is 6.33. The second-order valence-electron chi connectivity index (χ2n) is 7.33. The van der Waals surface area contributed by atoms with Gasteiger partial charge in [0.1, 0.15) is 5.82 Å². The first-order valence-electron chi connectivity index (χ1n) is 10.3. The molecule has 4 rings (SSSR count). The standard InChI is InChI=1S/C24H24FN7/c1-4-19-20(17-11-13-18(25)14-12-17)23-29-28-21(22(26)32(23)30-19)24(27-5-2)31(3)15-16-9-7-6-8-10-16/h5-14H,2,4,15,26H2,1,3H3. The van der Waals surface area contributed by atoms with Gasteiger partial charge in [0.15, 0.2) is 23.0 Å². The summed E-state index contributed by atoms with van der Waals surface area (Å²) in [7, 11) is 1.91. The zero-order chi connectivity index (χ0) is 22.7. The molecule has 0 fully saturated rings. The van der Waals surface area contributed by atoms with E-state index in [1.807, 2.05) is 49.2 Å². The number of aliphatic imine (C=N–C) groups is 1. The summed E-state index contributed by atoms with van der Waals surface area (Å²) in [6, 6.07) is 16.3. The normalized spacial score (nSPS) is 11.7. The number of aromatic nitrogens is 4. The Morgan fingerprint density at radius 2 is 1.88 bits per heavy atom. The fourth-order valence-electron chi connectivity index (χ4n) is 3.64. The van der Waals surface area contributed by atoms with Crippen molar-refractivity contribution < 1.29 is 4.39 Å². The van der Waals surface area contributed by atoms with Crippen LogP contribution in [-0.2, 0) is 13.0 Å². The van der Waals surface area contributed by atoms with Gasteiger partial charge in [0.25, 0.3) is 0 Å². The Bertz CT molecular complexity index is 1280. The minimum atomic E-state index is -0.303. The lowest BCUT2D eigenvalue weighted by Crippen LogP contribution is -2.30. The predicted octanol–water partition coefficient (Wildman–Crippen LogP) is 4.10. The Morgan fingerprint density at radius 3 is 2.53 bits per heavy atom. The Hall–Kier alpha value is -4.07. The molecule has 0 unspecified atom stereocenters. The molecule has 162 valence electrons. The number of rotatable bonds is 6. The minimum Gasteiger partial charge on any atom is -0.382 e. The van der Waals surface area contributed by atoms with Crippen molar-refractivity contribution in [1.29, 1.82) is 0 Å². The molecule has 4 aromatic rings. The molecule has 0 radical (unpaired) electrons. The molecule has 0 aliphatic heterocycles. The number of amidine groups is 1. The highest BCUT2D eigenvalue weighted by molar-refractivity contribution is 6.01. The predicted molar refractivity (Wildman–Crippen MR) is 125 cm³/mol. The van der Waals surface area contributed by atoms with Gasteiger partial charge >= 0.3 is 0 Å². The lowest BCUT2D eigenvalue weighted by Gasteiger charge is -2.21. The smallest absolute Gasteiger partial charge is 0.187 e. The zero-order valence-corrected chi connectivity index (χ0v) is 18.0. The van der Waals surface area contributed by atoms with Crippen molar-refractivity contribution in [2.75, 3.05) is 12.8 Å². The third-order valence-corrected chi connectivity index (χ3v) is 5.17. The van der Waals surface area contributed by atoms with Crippen molar-refractivity contribution in [3.63, 3.8) is 0 Å². The molecule has 2 heterocycles. The third-order valence-electron chi connectivity index (χ3n) is 5.17. The highest BCUT2D eigenvalue weighted by atomic mass is 19.1. The monoisotopic (exact) mass is 429 g/mol. The number of anilines is 1. The van der Waals surface area contributed by atoms with E-state index in [1.54, 1.807) is 16.6 Å². The molecule has 0 aliphatic rings. The van der Waals surface area contributed by atoms with Crippen molar-refractivity contribution in [1.82, 2.24) is 24.7 Å². The molecular formula is C24H24FN7. The van der Waals surface area contributed by atoms with Gasteiger partial charge in [0.05, 0.1) is 11.3 Å². The van der Waals surface area contributed by atoms with E-state index in [-0.39, 0.29) is 5.82 Å². The van der Waals surface area contributed by atoms with Gasteiger partial charge in [-0.15, -0.1) is 10.2 Å². The lowest BCUT2D eigenvalue weighted by atomic mass is 10.0. The van der Waals surface area contributed by atoms with Crippen LogP contribution in [0.15, 0.2) is 72.4 Å². The van der Waals surface area contributed by atoms with Crippen LogP contribution in [-0.4, -0.2) is 37.6 Å². The molecule has 32 heavy (non-hydrogen) atoms. The van der Waals surface area contributed by atoms with Gasteiger partial charge < -0.3 is 10.6 Å². The molecule has 2 aromatic heterocycles. The summed E-state index contributed by atoms with van der Waals surface area (Å²) in [5.41, 5.74) is 11.0. The van der Waals surface area contributed by atoms with Gasteiger partial charge in [0.2, 0.25) is 0 Å². The molecule has 0 spiro atoms. The first-order valence-corrected chi connectivity index (χ1v) is 10.3. The molecule has 0 saturated heterocycles. The average Bonchev–Trinajstić information content (AvgIpc) is 3.19. The minimum absolute atomic E-state index is 0.303. The molecular weight excluding hydrogens is 405 g/mol. The van der Waals surface area contributed by atoms with Crippen LogP contribution < -0.4 is 5.73 Å². The van der Waals surface area contributed by atoms with Gasteiger partial charge in [-0.1, -0.05) is 56.0 Å². The van der Waals surface area contributed by atoms with Crippen LogP contribution >= 0.6 is 0 Å². The summed E-state index contributed by atoms with van der Waals surface area (Å²) in [6.07, 6.45) is 2.11. The number of nitrogens with zero attached hydrogens (tertiary/aromatic N) is 6. The Kier molecular flexibility index (Phi) is 5.93. The van der Waals surface area contributed by atoms with Gasteiger partial charge in [-0.05, 0) is 29.7 Å². The summed E-state index contributed by atoms with van der Waals surface area (Å²) in [5.74, 6) is 0.550. The van der Waals surface area contributed by atoms with E-state index in [9.17, 15) is 4.39 Å². The van der Waals surface area contributed by atoms with Crippen molar-refractivity contribution in [3.05, 3.63) is 90.1 Å². The first-order chi connectivity index (χ1) is 15.5. The maximum Gasteiger partial charge on any atom is 0.187 e. The fraction of sp³-hybridized carbons (Fsp3) is 0.167. The first kappa shape index (κ1) is 21.2. The molecule has 0 atom stereocenters. The van der Waals surface area contributed by atoms with Crippen LogP contribution in [0.5, 0.6) is 0 Å². The molecule has 2 N–H and O–H groups in total. The molecule has 0 aliphatic carbocycles. The topological polar surface area (TPSA) is 84.7 Å². The molecule has 0 amide bonds. The summed E-state index contributed by atoms with van der Waals surface area (Å²) >= 11 is 0. The van der Waals surface area contributed by atoms with Crippen molar-refractivity contribution in [3.8, 4) is 11.1 Å². The van der Waals surface area contributed by atoms with E-state index in [2.05, 4.69) is 26.9 Å². The molecule has 7 nitrogen and oxygen atoms in total. The van der Waals surface area contributed by atoms with Crippen LogP contribution in [0.1, 0.15) is 23.9 Å². The third kappa shape index (κ3) is 3.94. The van der Waals surface area contributed by atoms with E-state index < -0.39 is 0 Å². The highest BCUT2D eigenvalue weighted by Crippen LogP contribution is 2.29. The largest absolute Gasteiger partial charge is 0.382 e. The SMILES string of the molecule is C=CN=C(c1nnc2c(-c3ccc(F)cc3)c(CC)nn2c1N)N(C)Cc1ccccc1. The number of aryl methyl sites for hydroxylation is 1. The number of hydrogen-bond donors (Lipinski definition) is 1. The summed E-state index contributed by atoms with van der Waals surface area (Å²) in [5, 5.41) is 13.5. The number of nitrogens with two attached hydrogens (primary N) is 1. The zero-order valence-electron chi connectivity index (χ0n) is 18.0. The average molecular weight is 430 g/mol. The van der Waals surface area contributed by atoms with Gasteiger partial charge in [0, 0.05) is 19.8 Å². The lowest BCUT2D eigenvalue weighted by molar-refractivity contribution is 0.499. The number of halogens is 1. The van der Waals surface area contributed by atoms with Crippen LogP contribution in [0, 0.1) is 5.82 Å².